The van der Waals surface area contributed by atoms with E-state index >= 15 is 0 Å². The van der Waals surface area contributed by atoms with Crippen molar-refractivity contribution in [3.05, 3.63) is 57.5 Å². The van der Waals surface area contributed by atoms with Crippen molar-refractivity contribution in [2.75, 3.05) is 22.4 Å². The molecule has 0 saturated carbocycles. The minimum absolute atomic E-state index is 0.538. The Labute approximate surface area is 184 Å². The lowest BCUT2D eigenvalue weighted by atomic mass is 10.3. The molecule has 0 heterocycles. The third-order valence-electron chi connectivity index (χ3n) is 3.74. The van der Waals surface area contributed by atoms with Gasteiger partial charge in [-0.1, -0.05) is 48.7 Å². The molecule has 0 saturated heterocycles. The maximum Gasteiger partial charge on any atom is 0.152 e. The second-order valence-electron chi connectivity index (χ2n) is 6.58. The van der Waals surface area contributed by atoms with Gasteiger partial charge in [-0.05, 0) is 72.7 Å². The number of halogens is 3. The van der Waals surface area contributed by atoms with Crippen molar-refractivity contribution >= 4 is 63.2 Å². The molecule has 7 heteroatoms. The number of unbranched alkanes of at least 4 members (excludes halogenated alkanes) is 1. The summed E-state index contributed by atoms with van der Waals surface area (Å²) in [5.41, 5.74) is 0.687. The largest absolute Gasteiger partial charge is 0.286 e. The van der Waals surface area contributed by atoms with Gasteiger partial charge < -0.3 is 0 Å². The molecule has 1 unspecified atom stereocenters. The van der Waals surface area contributed by atoms with Crippen molar-refractivity contribution < 1.29 is 4.21 Å². The Hall–Kier alpha value is -0.390. The van der Waals surface area contributed by atoms with Gasteiger partial charge in [0.1, 0.15) is 0 Å². The fourth-order valence-corrected chi connectivity index (χ4v) is 5.28. The monoisotopic (exact) mass is 463 g/mol. The zero-order chi connectivity index (χ0) is 19.8. The lowest BCUT2D eigenvalue weighted by Gasteiger charge is -2.25. The van der Waals surface area contributed by atoms with Crippen LogP contribution in [0.3, 0.4) is 0 Å². The second kappa shape index (κ2) is 11.6. The third kappa shape index (κ3) is 7.51. The Morgan fingerprint density at radius 1 is 1.00 bits per heavy atom. The molecule has 2 aromatic carbocycles. The summed E-state index contributed by atoms with van der Waals surface area (Å²) in [7, 11) is -1.39. The van der Waals surface area contributed by atoms with Crippen LogP contribution in [0.15, 0.2) is 47.4 Å². The Kier molecular flexibility index (Phi) is 9.81. The first-order chi connectivity index (χ1) is 12.9. The summed E-state index contributed by atoms with van der Waals surface area (Å²) >= 11 is 20.5. The highest BCUT2D eigenvalue weighted by Gasteiger charge is 2.19. The van der Waals surface area contributed by atoms with Gasteiger partial charge >= 0.3 is 0 Å². The average Bonchev–Trinajstić information content (AvgIpc) is 2.63. The van der Waals surface area contributed by atoms with E-state index in [1.807, 2.05) is 16.1 Å². The molecular formula is C20H24Cl3NOS2. The molecule has 0 amide bonds. The fraction of sp³-hybridized carbons (Fsp3) is 0.400. The number of hydrogen-bond donors (Lipinski definition) is 0. The molecule has 0 aliphatic carbocycles. The summed E-state index contributed by atoms with van der Waals surface area (Å²) in [6, 6.07) is 12.3. The Morgan fingerprint density at radius 2 is 1.67 bits per heavy atom. The van der Waals surface area contributed by atoms with E-state index in [0.717, 1.165) is 18.6 Å². The smallest absolute Gasteiger partial charge is 0.152 e. The lowest BCUT2D eigenvalue weighted by molar-refractivity contribution is 0.676. The maximum atomic E-state index is 13.2. The van der Waals surface area contributed by atoms with E-state index in [4.69, 9.17) is 34.8 Å². The Bertz CT molecular complexity index is 753. The summed E-state index contributed by atoms with van der Waals surface area (Å²) in [5.74, 6) is 2.97. The van der Waals surface area contributed by atoms with Gasteiger partial charge in [-0.25, -0.2) is 4.21 Å². The van der Waals surface area contributed by atoms with Crippen LogP contribution in [0.2, 0.25) is 15.1 Å². The molecule has 0 aliphatic heterocycles. The fourth-order valence-electron chi connectivity index (χ4n) is 2.43. The van der Waals surface area contributed by atoms with E-state index in [1.165, 1.54) is 5.75 Å². The Morgan fingerprint density at radius 3 is 2.33 bits per heavy atom. The molecule has 0 fully saturated rings. The standard InChI is InChI=1S/C20H24Cl3NOS2/c1-15(2)14-26-12-4-3-11-24(20-13-17(22)7-10-19(20)23)27(25)18-8-5-16(21)6-9-18/h5-10,13,15H,3-4,11-12,14H2,1-2H3. The minimum Gasteiger partial charge on any atom is -0.286 e. The van der Waals surface area contributed by atoms with Gasteiger partial charge in [0.2, 0.25) is 0 Å². The van der Waals surface area contributed by atoms with Crippen LogP contribution in [0, 0.1) is 5.92 Å². The van der Waals surface area contributed by atoms with E-state index in [9.17, 15) is 4.21 Å². The molecule has 2 nitrogen and oxygen atoms in total. The van der Waals surface area contributed by atoms with E-state index in [1.54, 1.807) is 42.5 Å². The summed E-state index contributed by atoms with van der Waals surface area (Å²) < 4.78 is 15.0. The van der Waals surface area contributed by atoms with E-state index in [-0.39, 0.29) is 0 Å². The zero-order valence-corrected chi connectivity index (χ0v) is 19.4. The highest BCUT2D eigenvalue weighted by molar-refractivity contribution is 7.99. The molecule has 0 N–H and O–H groups in total. The van der Waals surface area contributed by atoms with Crippen LogP contribution in [0.4, 0.5) is 5.69 Å². The van der Waals surface area contributed by atoms with Crippen molar-refractivity contribution in [1.82, 2.24) is 0 Å². The number of hydrogen-bond acceptors (Lipinski definition) is 2. The topological polar surface area (TPSA) is 20.3 Å². The van der Waals surface area contributed by atoms with Gasteiger partial charge in [-0.3, -0.25) is 4.31 Å². The summed E-state index contributed by atoms with van der Waals surface area (Å²) in [6.45, 7) is 5.09. The van der Waals surface area contributed by atoms with Gasteiger partial charge in [-0.2, -0.15) is 11.8 Å². The first-order valence-corrected chi connectivity index (χ1v) is 12.3. The summed E-state index contributed by atoms with van der Waals surface area (Å²) in [5, 5.41) is 1.72. The van der Waals surface area contributed by atoms with Crippen LogP contribution >= 0.6 is 46.6 Å². The molecule has 148 valence electrons. The van der Waals surface area contributed by atoms with E-state index < -0.39 is 11.0 Å². The third-order valence-corrected chi connectivity index (χ3v) is 7.48. The van der Waals surface area contributed by atoms with Crippen molar-refractivity contribution in [2.24, 2.45) is 5.92 Å². The quantitative estimate of drug-likeness (QED) is 0.343. The molecule has 27 heavy (non-hydrogen) atoms. The maximum absolute atomic E-state index is 13.2. The van der Waals surface area contributed by atoms with Crippen LogP contribution in [-0.2, 0) is 11.0 Å². The molecular weight excluding hydrogens is 441 g/mol. The van der Waals surface area contributed by atoms with Crippen LogP contribution < -0.4 is 4.31 Å². The molecule has 0 spiro atoms. The van der Waals surface area contributed by atoms with Crippen LogP contribution in [-0.4, -0.2) is 22.3 Å². The molecule has 1 atom stereocenters. The molecule has 2 aromatic rings. The SMILES string of the molecule is CC(C)CSCCCCN(c1cc(Cl)ccc1Cl)S(=O)c1ccc(Cl)cc1. The average molecular weight is 465 g/mol. The highest BCUT2D eigenvalue weighted by atomic mass is 35.5. The lowest BCUT2D eigenvalue weighted by Crippen LogP contribution is -2.27. The van der Waals surface area contributed by atoms with Crippen LogP contribution in [0.5, 0.6) is 0 Å². The van der Waals surface area contributed by atoms with E-state index in [2.05, 4.69) is 13.8 Å². The van der Waals surface area contributed by atoms with Crippen LogP contribution in [0.1, 0.15) is 26.7 Å². The van der Waals surface area contributed by atoms with E-state index in [0.29, 0.717) is 38.1 Å². The number of rotatable bonds is 10. The number of anilines is 1. The van der Waals surface area contributed by atoms with Gasteiger partial charge in [0.05, 0.1) is 15.6 Å². The summed E-state index contributed by atoms with van der Waals surface area (Å²) in [4.78, 5) is 0.685. The van der Waals surface area contributed by atoms with Gasteiger partial charge in [0.25, 0.3) is 0 Å². The molecule has 0 aliphatic rings. The predicted molar refractivity (Wildman–Crippen MR) is 123 cm³/mol. The first-order valence-electron chi connectivity index (χ1n) is 8.86. The first kappa shape index (κ1) is 22.9. The van der Waals surface area contributed by atoms with Crippen molar-refractivity contribution in [1.29, 1.82) is 0 Å². The minimum atomic E-state index is -1.39. The molecule has 2 rings (SSSR count). The number of nitrogens with zero attached hydrogens (tertiary/aromatic N) is 1. The molecule has 0 aromatic heterocycles. The van der Waals surface area contributed by atoms with Crippen LogP contribution in [0.25, 0.3) is 0 Å². The Balaban J connectivity index is 2.12. The van der Waals surface area contributed by atoms with Gasteiger partial charge in [-0.15, -0.1) is 0 Å². The predicted octanol–water partition coefficient (Wildman–Crippen LogP) is 7.35. The second-order valence-corrected chi connectivity index (χ2v) is 10.4. The van der Waals surface area contributed by atoms with Crippen molar-refractivity contribution in [2.45, 2.75) is 31.6 Å². The zero-order valence-electron chi connectivity index (χ0n) is 15.5. The molecule has 0 bridgehead atoms. The number of benzene rings is 2. The molecule has 0 radical (unpaired) electrons. The van der Waals surface area contributed by atoms with Crippen molar-refractivity contribution in [3.8, 4) is 0 Å². The highest BCUT2D eigenvalue weighted by Crippen LogP contribution is 2.32. The van der Waals surface area contributed by atoms with Crippen molar-refractivity contribution in [3.63, 3.8) is 0 Å². The normalized spacial score (nSPS) is 12.4. The number of thioether (sulfide) groups is 1. The van der Waals surface area contributed by atoms with Gasteiger partial charge in [0, 0.05) is 16.6 Å². The van der Waals surface area contributed by atoms with Gasteiger partial charge in [0.15, 0.2) is 11.0 Å². The summed E-state index contributed by atoms with van der Waals surface area (Å²) in [6.07, 6.45) is 1.98.